The highest BCUT2D eigenvalue weighted by molar-refractivity contribution is 5.86. The van der Waals surface area contributed by atoms with Gasteiger partial charge in [-0.1, -0.05) is 35.9 Å². The second kappa shape index (κ2) is 8.52. The van der Waals surface area contributed by atoms with Gasteiger partial charge in [-0.05, 0) is 65.0 Å². The van der Waals surface area contributed by atoms with Crippen LogP contribution in [0.25, 0.3) is 0 Å². The van der Waals surface area contributed by atoms with Crippen molar-refractivity contribution in [1.29, 1.82) is 0 Å². The summed E-state index contributed by atoms with van der Waals surface area (Å²) in [5, 5.41) is 0. The minimum atomic E-state index is -0.582. The summed E-state index contributed by atoms with van der Waals surface area (Å²) in [4.78, 5) is 30.6. The molecule has 0 aromatic heterocycles. The fraction of sp³-hybridized carbons (Fsp3) is 0.538. The molecule has 2 amide bonds. The van der Waals surface area contributed by atoms with Gasteiger partial charge in [0.05, 0.1) is 17.5 Å². The first kappa shape index (κ1) is 23.1. The SMILES string of the molecule is C=CCC1(CC=C)C[C@H]2[C@H](c3cc(C)ccc3C)N(C(=O)OC(C)(C)C)CCN2C1=O. The first-order valence-corrected chi connectivity index (χ1v) is 11.1. The summed E-state index contributed by atoms with van der Waals surface area (Å²) in [5.41, 5.74) is 2.22. The summed E-state index contributed by atoms with van der Waals surface area (Å²) in [7, 11) is 0. The lowest BCUT2D eigenvalue weighted by atomic mass is 9.76. The van der Waals surface area contributed by atoms with Crippen LogP contribution >= 0.6 is 0 Å². The summed E-state index contributed by atoms with van der Waals surface area (Å²) in [6, 6.07) is 5.97. The Morgan fingerprint density at radius 2 is 1.84 bits per heavy atom. The van der Waals surface area contributed by atoms with Crippen LogP contribution in [0.15, 0.2) is 43.5 Å². The third kappa shape index (κ3) is 4.41. The van der Waals surface area contributed by atoms with Crippen molar-refractivity contribution in [2.24, 2.45) is 5.41 Å². The van der Waals surface area contributed by atoms with E-state index in [1.54, 1.807) is 0 Å². The van der Waals surface area contributed by atoms with Crippen molar-refractivity contribution in [2.45, 2.75) is 71.6 Å². The molecule has 31 heavy (non-hydrogen) atoms. The molecule has 168 valence electrons. The average Bonchev–Trinajstić information content (AvgIpc) is 2.94. The molecule has 3 rings (SSSR count). The lowest BCUT2D eigenvalue weighted by Crippen LogP contribution is -2.56. The molecule has 0 unspecified atom stereocenters. The van der Waals surface area contributed by atoms with Crippen LogP contribution in [0.3, 0.4) is 0 Å². The molecule has 1 aromatic rings. The van der Waals surface area contributed by atoms with Gasteiger partial charge in [-0.15, -0.1) is 13.2 Å². The largest absolute Gasteiger partial charge is 0.444 e. The number of allylic oxidation sites excluding steroid dienone is 2. The Kier molecular flexibility index (Phi) is 6.35. The normalized spacial score (nSPS) is 22.8. The molecule has 2 atom stereocenters. The van der Waals surface area contributed by atoms with Crippen molar-refractivity contribution in [2.75, 3.05) is 13.1 Å². The van der Waals surface area contributed by atoms with Gasteiger partial charge in [0, 0.05) is 13.1 Å². The summed E-state index contributed by atoms with van der Waals surface area (Å²) in [6.07, 6.45) is 5.22. The monoisotopic (exact) mass is 424 g/mol. The number of benzene rings is 1. The molecule has 0 saturated carbocycles. The Morgan fingerprint density at radius 3 is 2.42 bits per heavy atom. The van der Waals surface area contributed by atoms with Gasteiger partial charge in [0.25, 0.3) is 0 Å². The number of amides is 2. The van der Waals surface area contributed by atoms with Gasteiger partial charge in [-0.25, -0.2) is 4.79 Å². The zero-order chi connectivity index (χ0) is 23.0. The maximum atomic E-state index is 13.6. The maximum absolute atomic E-state index is 13.6. The van der Waals surface area contributed by atoms with E-state index >= 15 is 0 Å². The number of carbonyl (C=O) groups excluding carboxylic acids is 2. The van der Waals surface area contributed by atoms with Crippen LogP contribution in [0, 0.1) is 19.3 Å². The van der Waals surface area contributed by atoms with E-state index in [0.29, 0.717) is 32.4 Å². The maximum Gasteiger partial charge on any atom is 0.410 e. The number of carbonyl (C=O) groups is 2. The van der Waals surface area contributed by atoms with Crippen molar-refractivity contribution in [1.82, 2.24) is 9.80 Å². The van der Waals surface area contributed by atoms with E-state index in [1.807, 2.05) is 42.7 Å². The first-order valence-electron chi connectivity index (χ1n) is 11.1. The number of aryl methyl sites for hydroxylation is 2. The van der Waals surface area contributed by atoms with Crippen LogP contribution in [-0.2, 0) is 9.53 Å². The summed E-state index contributed by atoms with van der Waals surface area (Å²) < 4.78 is 5.77. The van der Waals surface area contributed by atoms with E-state index in [0.717, 1.165) is 16.7 Å². The van der Waals surface area contributed by atoms with Gasteiger partial charge in [-0.3, -0.25) is 9.69 Å². The molecule has 2 fully saturated rings. The number of ether oxygens (including phenoxy) is 1. The van der Waals surface area contributed by atoms with Gasteiger partial charge < -0.3 is 9.64 Å². The molecule has 0 N–H and O–H groups in total. The van der Waals surface area contributed by atoms with Crippen LogP contribution in [0.4, 0.5) is 4.79 Å². The Hall–Kier alpha value is -2.56. The quantitative estimate of drug-likeness (QED) is 0.600. The summed E-state index contributed by atoms with van der Waals surface area (Å²) >= 11 is 0. The zero-order valence-corrected chi connectivity index (χ0v) is 19.6. The van der Waals surface area contributed by atoms with Crippen molar-refractivity contribution in [3.63, 3.8) is 0 Å². The van der Waals surface area contributed by atoms with Gasteiger partial charge in [0.15, 0.2) is 0 Å². The number of hydrogen-bond acceptors (Lipinski definition) is 3. The Morgan fingerprint density at radius 1 is 1.19 bits per heavy atom. The lowest BCUT2D eigenvalue weighted by molar-refractivity contribution is -0.139. The van der Waals surface area contributed by atoms with E-state index in [1.165, 1.54) is 0 Å². The zero-order valence-electron chi connectivity index (χ0n) is 19.6. The molecule has 1 aromatic carbocycles. The van der Waals surface area contributed by atoms with E-state index in [2.05, 4.69) is 45.2 Å². The molecule has 2 saturated heterocycles. The first-order chi connectivity index (χ1) is 14.5. The predicted molar refractivity (Wildman–Crippen MR) is 124 cm³/mol. The molecule has 0 aliphatic carbocycles. The van der Waals surface area contributed by atoms with Crippen molar-refractivity contribution < 1.29 is 14.3 Å². The third-order valence-electron chi connectivity index (χ3n) is 6.45. The number of fused-ring (bicyclic) bond motifs is 1. The summed E-state index contributed by atoms with van der Waals surface area (Å²) in [5.74, 6) is 0.149. The lowest BCUT2D eigenvalue weighted by Gasteiger charge is -2.45. The van der Waals surface area contributed by atoms with E-state index in [-0.39, 0.29) is 24.1 Å². The standard InChI is InChI=1S/C26H36N2O3/c1-8-12-26(13-9-2)17-21-22(20-16-18(3)10-11-19(20)4)28(15-14-27(21)23(26)29)24(30)31-25(5,6)7/h8-11,16,21-22H,1-2,12-15,17H2,3-7H3/t21-,22-/m0/s1. The van der Waals surface area contributed by atoms with Crippen LogP contribution in [0.5, 0.6) is 0 Å². The molecule has 2 heterocycles. The van der Waals surface area contributed by atoms with Crippen LogP contribution in [-0.4, -0.2) is 46.5 Å². The highest BCUT2D eigenvalue weighted by atomic mass is 16.6. The number of nitrogens with zero attached hydrogens (tertiary/aromatic N) is 2. The van der Waals surface area contributed by atoms with Gasteiger partial charge in [0.1, 0.15) is 5.60 Å². The predicted octanol–water partition coefficient (Wildman–Crippen LogP) is 5.33. The second-order valence-electron chi connectivity index (χ2n) is 10.0. The number of rotatable bonds is 5. The molecule has 0 radical (unpaired) electrons. The van der Waals surface area contributed by atoms with Crippen LogP contribution in [0.2, 0.25) is 0 Å². The van der Waals surface area contributed by atoms with Crippen LogP contribution < -0.4 is 0 Å². The Balaban J connectivity index is 2.09. The van der Waals surface area contributed by atoms with E-state index in [4.69, 9.17) is 4.74 Å². The molecule has 2 aliphatic rings. The van der Waals surface area contributed by atoms with Crippen molar-refractivity contribution in [3.8, 4) is 0 Å². The van der Waals surface area contributed by atoms with E-state index < -0.39 is 11.0 Å². The Labute approximate surface area is 186 Å². The summed E-state index contributed by atoms with van der Waals surface area (Å²) in [6.45, 7) is 18.5. The molecule has 0 spiro atoms. The van der Waals surface area contributed by atoms with Crippen molar-refractivity contribution >= 4 is 12.0 Å². The van der Waals surface area contributed by atoms with Gasteiger partial charge >= 0.3 is 6.09 Å². The average molecular weight is 425 g/mol. The second-order valence-corrected chi connectivity index (χ2v) is 10.0. The molecule has 2 aliphatic heterocycles. The van der Waals surface area contributed by atoms with E-state index in [9.17, 15) is 9.59 Å². The molecule has 5 heteroatoms. The molecule has 5 nitrogen and oxygen atoms in total. The van der Waals surface area contributed by atoms with Crippen LogP contribution in [0.1, 0.15) is 62.8 Å². The minimum Gasteiger partial charge on any atom is -0.444 e. The number of hydrogen-bond donors (Lipinski definition) is 0. The van der Waals surface area contributed by atoms with Gasteiger partial charge in [-0.2, -0.15) is 0 Å². The smallest absolute Gasteiger partial charge is 0.410 e. The topological polar surface area (TPSA) is 49.9 Å². The molecular formula is C26H36N2O3. The third-order valence-corrected chi connectivity index (χ3v) is 6.45. The van der Waals surface area contributed by atoms with Gasteiger partial charge in [0.2, 0.25) is 5.91 Å². The number of piperazine rings is 1. The highest BCUT2D eigenvalue weighted by Crippen LogP contribution is 2.49. The molecule has 0 bridgehead atoms. The van der Waals surface area contributed by atoms with Crippen molar-refractivity contribution in [3.05, 3.63) is 60.2 Å². The fourth-order valence-corrected chi connectivity index (χ4v) is 5.12. The minimum absolute atomic E-state index is 0.103. The Bertz CT molecular complexity index is 873. The molecular weight excluding hydrogens is 388 g/mol. The fourth-order valence-electron chi connectivity index (χ4n) is 5.12. The highest BCUT2D eigenvalue weighted by Gasteiger charge is 2.56.